The molecule has 0 spiro atoms. The van der Waals surface area contributed by atoms with Crippen molar-refractivity contribution in [2.75, 3.05) is 17.6 Å². The highest BCUT2D eigenvalue weighted by atomic mass is 19.4. The molecule has 5 heterocycles. The number of piperidine rings is 1. The average Bonchev–Trinajstić information content (AvgIpc) is 3.46. The minimum Gasteiger partial charge on any atom is -0.383 e. The lowest BCUT2D eigenvalue weighted by Crippen LogP contribution is -2.42. The standard InChI is InChI=1S/C27H24F3N7O3/c28-27(29,30)17-7-8-32-20(11-17)34-25(39)15-3-1-14(2-4-15)21-22-23(31)33-9-10-36(22)24(35-21)16-5-6-18-12-19(38)26(40)37(18)13-16/h1-4,7-11,16,18-19,38H,5-6,12-13H2,(H2,31,33)(H,32,34,39)/t16-,18-,19+/m1/s1. The quantitative estimate of drug-likeness (QED) is 0.353. The number of nitrogen functional groups attached to an aromatic ring is 1. The van der Waals surface area contributed by atoms with Gasteiger partial charge in [-0.15, -0.1) is 0 Å². The number of imidazole rings is 1. The molecule has 0 saturated carbocycles. The molecule has 0 aliphatic carbocycles. The molecule has 2 saturated heterocycles. The summed E-state index contributed by atoms with van der Waals surface area (Å²) in [6, 6.07) is 8.03. The van der Waals surface area contributed by atoms with Gasteiger partial charge in [0.1, 0.15) is 34.8 Å². The van der Waals surface area contributed by atoms with Gasteiger partial charge in [-0.2, -0.15) is 13.2 Å². The fraction of sp³-hybridized carbons (Fsp3) is 0.296. The van der Waals surface area contributed by atoms with Gasteiger partial charge in [0.05, 0.1) is 5.56 Å². The van der Waals surface area contributed by atoms with Crippen molar-refractivity contribution in [1.29, 1.82) is 0 Å². The van der Waals surface area contributed by atoms with Crippen molar-refractivity contribution in [2.45, 2.75) is 43.5 Å². The predicted octanol–water partition coefficient (Wildman–Crippen LogP) is 3.48. The van der Waals surface area contributed by atoms with E-state index < -0.39 is 23.8 Å². The first-order valence-corrected chi connectivity index (χ1v) is 12.7. The van der Waals surface area contributed by atoms with Crippen LogP contribution in [0.3, 0.4) is 0 Å². The highest BCUT2D eigenvalue weighted by Gasteiger charge is 2.43. The van der Waals surface area contributed by atoms with E-state index in [9.17, 15) is 27.9 Å². The van der Waals surface area contributed by atoms with Crippen molar-refractivity contribution in [1.82, 2.24) is 24.3 Å². The number of halogens is 3. The first-order valence-electron chi connectivity index (χ1n) is 12.7. The van der Waals surface area contributed by atoms with Crippen molar-refractivity contribution in [2.24, 2.45) is 0 Å². The minimum absolute atomic E-state index is 0.0287. The number of fused-ring (bicyclic) bond motifs is 2. The van der Waals surface area contributed by atoms with E-state index in [1.54, 1.807) is 29.4 Å². The lowest BCUT2D eigenvalue weighted by Gasteiger charge is -2.34. The Morgan fingerprint density at radius 3 is 2.62 bits per heavy atom. The third-order valence-corrected chi connectivity index (χ3v) is 7.49. The third-order valence-electron chi connectivity index (χ3n) is 7.49. The number of aliphatic hydroxyl groups is 1. The zero-order valence-corrected chi connectivity index (χ0v) is 21.0. The molecule has 2 aliphatic heterocycles. The summed E-state index contributed by atoms with van der Waals surface area (Å²) < 4.78 is 40.8. The van der Waals surface area contributed by atoms with Crippen LogP contribution in [0.1, 0.15) is 46.9 Å². The van der Waals surface area contributed by atoms with Gasteiger partial charge in [-0.1, -0.05) is 12.1 Å². The van der Waals surface area contributed by atoms with Crippen LogP contribution in [0.15, 0.2) is 55.0 Å². The van der Waals surface area contributed by atoms with E-state index in [0.29, 0.717) is 35.6 Å². The van der Waals surface area contributed by atoms with Gasteiger partial charge in [-0.25, -0.2) is 15.0 Å². The normalized spacial score (nSPS) is 21.1. The number of aliphatic hydroxyl groups excluding tert-OH is 1. The molecule has 4 aromatic rings. The summed E-state index contributed by atoms with van der Waals surface area (Å²) in [7, 11) is 0. The molecule has 6 rings (SSSR count). The smallest absolute Gasteiger partial charge is 0.383 e. The zero-order chi connectivity index (χ0) is 28.2. The molecule has 2 amide bonds. The number of hydrogen-bond donors (Lipinski definition) is 3. The molecule has 3 atom stereocenters. The SMILES string of the molecule is Nc1nccn2c([C@@H]3CC[C@@H]4C[C@H](O)C(=O)N4C3)nc(-c3ccc(C(=O)Nc4cc(C(F)(F)F)ccn4)cc3)c12. The van der Waals surface area contributed by atoms with Gasteiger partial charge in [-0.05, 0) is 37.1 Å². The maximum absolute atomic E-state index is 13.0. The Morgan fingerprint density at radius 1 is 1.10 bits per heavy atom. The second kappa shape index (κ2) is 9.59. The van der Waals surface area contributed by atoms with E-state index in [1.165, 1.54) is 12.1 Å². The van der Waals surface area contributed by atoms with Gasteiger partial charge in [0, 0.05) is 54.6 Å². The summed E-state index contributed by atoms with van der Waals surface area (Å²) in [5, 5.41) is 12.4. The van der Waals surface area contributed by atoms with Crippen molar-refractivity contribution in [3.63, 3.8) is 0 Å². The number of alkyl halides is 3. The number of amides is 2. The van der Waals surface area contributed by atoms with E-state index in [1.807, 2.05) is 4.40 Å². The van der Waals surface area contributed by atoms with Gasteiger partial charge in [0.25, 0.3) is 11.8 Å². The van der Waals surface area contributed by atoms with Gasteiger partial charge in [0.15, 0.2) is 0 Å². The van der Waals surface area contributed by atoms with Crippen LogP contribution in [-0.4, -0.2) is 59.9 Å². The van der Waals surface area contributed by atoms with Crippen LogP contribution in [0.2, 0.25) is 0 Å². The highest BCUT2D eigenvalue weighted by molar-refractivity contribution is 6.04. The molecular formula is C27H24F3N7O3. The number of rotatable bonds is 4. The van der Waals surface area contributed by atoms with Crippen LogP contribution in [-0.2, 0) is 11.0 Å². The number of carbonyl (C=O) groups is 2. The monoisotopic (exact) mass is 551 g/mol. The Morgan fingerprint density at radius 2 is 1.88 bits per heavy atom. The molecule has 4 N–H and O–H groups in total. The number of pyridine rings is 1. The number of nitrogens with one attached hydrogen (secondary N) is 1. The fourth-order valence-corrected chi connectivity index (χ4v) is 5.52. The molecule has 13 heteroatoms. The number of nitrogens with two attached hydrogens (primary N) is 1. The molecular weight excluding hydrogens is 527 g/mol. The van der Waals surface area contributed by atoms with E-state index in [4.69, 9.17) is 10.7 Å². The first kappa shape index (κ1) is 25.7. The summed E-state index contributed by atoms with van der Waals surface area (Å²) in [5.74, 6) is -0.209. The lowest BCUT2D eigenvalue weighted by molar-refractivity contribution is -0.137. The van der Waals surface area contributed by atoms with E-state index in [0.717, 1.165) is 31.2 Å². The van der Waals surface area contributed by atoms with Crippen LogP contribution in [0.5, 0.6) is 0 Å². The van der Waals surface area contributed by atoms with Crippen LogP contribution >= 0.6 is 0 Å². The number of benzene rings is 1. The van der Waals surface area contributed by atoms with Crippen LogP contribution in [0, 0.1) is 0 Å². The van der Waals surface area contributed by atoms with Crippen LogP contribution in [0.25, 0.3) is 16.8 Å². The van der Waals surface area contributed by atoms with Gasteiger partial charge < -0.3 is 21.1 Å². The predicted molar refractivity (Wildman–Crippen MR) is 138 cm³/mol. The average molecular weight is 552 g/mol. The molecule has 1 aromatic carbocycles. The lowest BCUT2D eigenvalue weighted by atomic mass is 9.92. The Kier molecular flexibility index (Phi) is 6.17. The molecule has 3 aromatic heterocycles. The fourth-order valence-electron chi connectivity index (χ4n) is 5.52. The second-order valence-corrected chi connectivity index (χ2v) is 9.98. The number of nitrogens with zero attached hydrogens (tertiary/aromatic N) is 5. The Hall–Kier alpha value is -4.52. The molecule has 2 fully saturated rings. The Balaban J connectivity index is 1.28. The number of aromatic nitrogens is 4. The molecule has 40 heavy (non-hydrogen) atoms. The number of anilines is 2. The summed E-state index contributed by atoms with van der Waals surface area (Å²) in [4.78, 5) is 39.8. The van der Waals surface area contributed by atoms with Crippen molar-refractivity contribution in [3.8, 4) is 11.3 Å². The minimum atomic E-state index is -4.56. The highest BCUT2D eigenvalue weighted by Crippen LogP contribution is 2.38. The van der Waals surface area contributed by atoms with Crippen molar-refractivity contribution < 1.29 is 27.9 Å². The topological polar surface area (TPSA) is 139 Å². The molecule has 2 aliphatic rings. The number of hydrogen-bond acceptors (Lipinski definition) is 7. The third kappa shape index (κ3) is 4.51. The maximum Gasteiger partial charge on any atom is 0.416 e. The number of carbonyl (C=O) groups excluding carboxylic acids is 2. The Labute approximate surface area is 225 Å². The second-order valence-electron chi connectivity index (χ2n) is 9.98. The largest absolute Gasteiger partial charge is 0.416 e. The summed E-state index contributed by atoms with van der Waals surface area (Å²) >= 11 is 0. The van der Waals surface area contributed by atoms with Gasteiger partial charge >= 0.3 is 6.18 Å². The first-order chi connectivity index (χ1) is 19.1. The van der Waals surface area contributed by atoms with Crippen molar-refractivity contribution in [3.05, 3.63) is 71.9 Å². The van der Waals surface area contributed by atoms with Crippen LogP contribution < -0.4 is 11.1 Å². The van der Waals surface area contributed by atoms with E-state index >= 15 is 0 Å². The van der Waals surface area contributed by atoms with Crippen LogP contribution in [0.4, 0.5) is 24.8 Å². The molecule has 0 radical (unpaired) electrons. The van der Waals surface area contributed by atoms with Gasteiger partial charge in [0.2, 0.25) is 0 Å². The van der Waals surface area contributed by atoms with Crippen molar-refractivity contribution >= 4 is 29.0 Å². The summed E-state index contributed by atoms with van der Waals surface area (Å²) in [6.07, 6.45) is 0.772. The summed E-state index contributed by atoms with van der Waals surface area (Å²) in [5.41, 5.74) is 7.32. The maximum atomic E-state index is 13.0. The van der Waals surface area contributed by atoms with E-state index in [2.05, 4.69) is 15.3 Å². The summed E-state index contributed by atoms with van der Waals surface area (Å²) in [6.45, 7) is 0.435. The molecule has 10 nitrogen and oxygen atoms in total. The zero-order valence-electron chi connectivity index (χ0n) is 21.0. The molecule has 206 valence electrons. The Bertz CT molecular complexity index is 1620. The van der Waals surface area contributed by atoms with E-state index in [-0.39, 0.29) is 35.1 Å². The molecule has 0 unspecified atom stereocenters. The molecule has 0 bridgehead atoms. The van der Waals surface area contributed by atoms with Gasteiger partial charge in [-0.3, -0.25) is 14.0 Å².